The number of fused-ring (bicyclic) bond motifs is 4. The van der Waals surface area contributed by atoms with Gasteiger partial charge in [0.2, 0.25) is 0 Å². The maximum Gasteiger partial charge on any atom is 0.257 e. The molecule has 10 aromatic rings. The number of hydrogen-bond acceptors (Lipinski definition) is 0. The van der Waals surface area contributed by atoms with Crippen LogP contribution in [-0.2, 0) is 0 Å². The van der Waals surface area contributed by atoms with Crippen LogP contribution in [0.25, 0.3) is 54.9 Å². The van der Waals surface area contributed by atoms with Gasteiger partial charge in [0.15, 0.2) is 116 Å². The van der Waals surface area contributed by atoms with Gasteiger partial charge in [-0.25, -0.2) is 87.8 Å². The molecular weight excluding hydrogens is 1130 g/mol. The molecule has 11 rings (SSSR count). The Balaban J connectivity index is 0.986. The smallest absolute Gasteiger partial charge is 0.204 e. The van der Waals surface area contributed by atoms with E-state index >= 15 is 35.1 Å². The first-order chi connectivity index (χ1) is 38.3. The van der Waals surface area contributed by atoms with Gasteiger partial charge in [-0.1, -0.05) is 121 Å². The van der Waals surface area contributed by atoms with Crippen LogP contribution in [0.4, 0.5) is 87.8 Å². The lowest BCUT2D eigenvalue weighted by atomic mass is 9.36. The Labute approximate surface area is 444 Å². The minimum atomic E-state index is -2.79. The fraction of sp³-hybridized carbons (Fsp3) is 0.0345. The molecule has 0 aromatic heterocycles. The van der Waals surface area contributed by atoms with E-state index in [0.29, 0.717) is 33.0 Å². The van der Waals surface area contributed by atoms with Crippen molar-refractivity contribution in [1.29, 1.82) is 0 Å². The van der Waals surface area contributed by atoms with Crippen LogP contribution in [0.3, 0.4) is 0 Å². The van der Waals surface area contributed by atoms with Gasteiger partial charge in [0.25, 0.3) is 13.4 Å². The SMILES string of the molecule is C[Si]1(C)c2cc(-c3ccc(B(c4c(F)c(F)c(F)c(F)c4F)c4c(F)c(F)c(F)c(F)c4F)cc3)ccc2-c2cc3ccc(-c4ccc(B(c5c(F)c(F)c(F)c(F)c5F)c5c(F)c(F)c(F)c(F)c5F)cc4)cc3c3cccc1c23. The molecule has 0 fully saturated rings. The molecule has 0 nitrogen and oxygen atoms in total. The summed E-state index contributed by atoms with van der Waals surface area (Å²) in [4.78, 5) is 0. The molecule has 406 valence electrons. The van der Waals surface area contributed by atoms with Crippen molar-refractivity contribution in [3.8, 4) is 33.4 Å². The number of benzene rings is 10. The van der Waals surface area contributed by atoms with Crippen molar-refractivity contribution >= 4 is 86.2 Å². The minimum absolute atomic E-state index is 0.306. The van der Waals surface area contributed by atoms with Gasteiger partial charge in [-0.2, -0.15) is 0 Å². The Kier molecular flexibility index (Phi) is 13.1. The average molecular weight is 1150 g/mol. The lowest BCUT2D eigenvalue weighted by Crippen LogP contribution is -2.58. The number of halogens is 20. The summed E-state index contributed by atoms with van der Waals surface area (Å²) in [6.07, 6.45) is 0. The highest BCUT2D eigenvalue weighted by Crippen LogP contribution is 2.40. The van der Waals surface area contributed by atoms with E-state index in [1.54, 1.807) is 30.3 Å². The normalized spacial score (nSPS) is 12.7. The minimum Gasteiger partial charge on any atom is -0.204 e. The van der Waals surface area contributed by atoms with Crippen LogP contribution in [0.5, 0.6) is 0 Å². The molecule has 81 heavy (non-hydrogen) atoms. The molecule has 1 heterocycles. The molecule has 0 spiro atoms. The van der Waals surface area contributed by atoms with Gasteiger partial charge in [0.05, 0.1) is 0 Å². The molecule has 1 aliphatic heterocycles. The van der Waals surface area contributed by atoms with Gasteiger partial charge in [-0.15, -0.1) is 0 Å². The number of hydrogen-bond donors (Lipinski definition) is 0. The van der Waals surface area contributed by atoms with Gasteiger partial charge in [-0.3, -0.25) is 0 Å². The van der Waals surface area contributed by atoms with Crippen LogP contribution in [0.2, 0.25) is 13.1 Å². The third kappa shape index (κ3) is 8.07. The maximum atomic E-state index is 15.4. The van der Waals surface area contributed by atoms with E-state index < -0.39 is 171 Å². The van der Waals surface area contributed by atoms with Gasteiger partial charge >= 0.3 is 0 Å². The molecule has 1 aliphatic rings. The molecular formula is C58H24B2F20Si. The standard InChI is InChI=1S/C58H24B2F20Si/c1-81(2)32-5-3-4-29-30-18-23(21-8-13-26(14-9-21)59(35-39(61)47(69)55(77)48(70)40(35)62)36-41(63)49(71)56(78)50(72)42(36)64)6-7-25(30)19-31(34(29)32)28-17-12-24(20-33(28)81)22-10-15-27(16-11-22)60(37-43(65)51(73)57(79)52(74)44(37)66)38-45(67)53(75)58(80)54(76)46(38)68/h3-20H,1-2H3. The third-order valence-corrected chi connectivity index (χ3v) is 18.4. The van der Waals surface area contributed by atoms with E-state index in [1.165, 1.54) is 24.3 Å². The van der Waals surface area contributed by atoms with Crippen molar-refractivity contribution in [3.63, 3.8) is 0 Å². The van der Waals surface area contributed by atoms with Gasteiger partial charge in [-0.05, 0) is 77.4 Å². The summed E-state index contributed by atoms with van der Waals surface area (Å²) in [5, 5.41) is 4.76. The predicted molar refractivity (Wildman–Crippen MR) is 269 cm³/mol. The first-order valence-electron chi connectivity index (χ1n) is 23.7. The Bertz CT molecular complexity index is 4140. The first-order valence-corrected chi connectivity index (χ1v) is 26.7. The summed E-state index contributed by atoms with van der Waals surface area (Å²) >= 11 is 0. The maximum absolute atomic E-state index is 15.4. The summed E-state index contributed by atoms with van der Waals surface area (Å²) in [7, 11) is -2.79. The summed E-state index contributed by atoms with van der Waals surface area (Å²) in [6, 6.07) is 26.8. The second-order valence-electron chi connectivity index (χ2n) is 19.5. The molecule has 10 aromatic carbocycles. The zero-order valence-corrected chi connectivity index (χ0v) is 41.6. The lowest BCUT2D eigenvalue weighted by Gasteiger charge is -2.34. The first kappa shape index (κ1) is 54.6. The predicted octanol–water partition coefficient (Wildman–Crippen LogP) is 11.9. The van der Waals surface area contributed by atoms with Crippen molar-refractivity contribution in [2.45, 2.75) is 13.1 Å². The van der Waals surface area contributed by atoms with E-state index in [4.69, 9.17) is 0 Å². The van der Waals surface area contributed by atoms with Gasteiger partial charge < -0.3 is 0 Å². The van der Waals surface area contributed by atoms with E-state index in [0.717, 1.165) is 56.5 Å². The van der Waals surface area contributed by atoms with E-state index in [1.807, 2.05) is 43.4 Å². The third-order valence-electron chi connectivity index (χ3n) is 14.9. The summed E-state index contributed by atoms with van der Waals surface area (Å²) in [6.45, 7) is -1.45. The van der Waals surface area contributed by atoms with Crippen molar-refractivity contribution in [3.05, 3.63) is 226 Å². The lowest BCUT2D eigenvalue weighted by molar-refractivity contribution is 0.382. The van der Waals surface area contributed by atoms with Crippen LogP contribution in [-0.4, -0.2) is 21.5 Å². The Hall–Kier alpha value is -8.33. The summed E-state index contributed by atoms with van der Waals surface area (Å²) in [5.74, 6) is -51.6. The molecule has 0 aliphatic carbocycles. The van der Waals surface area contributed by atoms with Crippen molar-refractivity contribution in [2.75, 3.05) is 0 Å². The molecule has 0 N–H and O–H groups in total. The van der Waals surface area contributed by atoms with Crippen molar-refractivity contribution in [2.24, 2.45) is 0 Å². The topological polar surface area (TPSA) is 0 Å². The number of rotatable bonds is 8. The summed E-state index contributed by atoms with van der Waals surface area (Å²) in [5.41, 5.74) is -5.69. The molecule has 0 bridgehead atoms. The molecule has 0 radical (unpaired) electrons. The highest BCUT2D eigenvalue weighted by Gasteiger charge is 2.43. The monoisotopic (exact) mass is 1150 g/mol. The highest BCUT2D eigenvalue weighted by molar-refractivity contribution is 7.03. The van der Waals surface area contributed by atoms with Crippen molar-refractivity contribution in [1.82, 2.24) is 0 Å². The van der Waals surface area contributed by atoms with Crippen molar-refractivity contribution < 1.29 is 87.8 Å². The molecule has 0 saturated heterocycles. The van der Waals surface area contributed by atoms with Crippen LogP contribution in [0.1, 0.15) is 0 Å². The fourth-order valence-electron chi connectivity index (χ4n) is 10.9. The van der Waals surface area contributed by atoms with E-state index in [9.17, 15) is 52.7 Å². The largest absolute Gasteiger partial charge is 0.257 e. The molecule has 0 unspecified atom stereocenters. The summed E-state index contributed by atoms with van der Waals surface area (Å²) < 4.78 is 297. The quantitative estimate of drug-likeness (QED) is 0.0468. The van der Waals surface area contributed by atoms with E-state index in [-0.39, 0.29) is 0 Å². The molecule has 0 amide bonds. The average Bonchev–Trinajstić information content (AvgIpc) is 2.64. The van der Waals surface area contributed by atoms with E-state index in [2.05, 4.69) is 0 Å². The van der Waals surface area contributed by atoms with Crippen LogP contribution >= 0.6 is 0 Å². The van der Waals surface area contributed by atoms with Crippen LogP contribution < -0.4 is 43.2 Å². The van der Waals surface area contributed by atoms with Gasteiger partial charge in [0.1, 0.15) is 8.07 Å². The van der Waals surface area contributed by atoms with Crippen LogP contribution in [0, 0.1) is 116 Å². The second-order valence-corrected chi connectivity index (χ2v) is 23.8. The Morgan fingerprint density at radius 3 is 0.963 bits per heavy atom. The van der Waals surface area contributed by atoms with Gasteiger partial charge in [0, 0.05) is 21.9 Å². The molecule has 23 heteroatoms. The second kappa shape index (κ2) is 19.4. The Morgan fingerprint density at radius 2 is 0.593 bits per heavy atom. The fourth-order valence-corrected chi connectivity index (χ4v) is 14.0. The zero-order chi connectivity index (χ0) is 58.3. The molecule has 0 atom stereocenters. The Morgan fingerprint density at radius 1 is 0.272 bits per heavy atom. The highest BCUT2D eigenvalue weighted by atomic mass is 28.3. The molecule has 0 saturated carbocycles. The zero-order valence-electron chi connectivity index (χ0n) is 40.6. The van der Waals surface area contributed by atoms with Crippen LogP contribution in [0.15, 0.2) is 109 Å².